The van der Waals surface area contributed by atoms with Gasteiger partial charge in [-0.2, -0.15) is 0 Å². The van der Waals surface area contributed by atoms with Crippen molar-refractivity contribution in [3.8, 4) is 0 Å². The summed E-state index contributed by atoms with van der Waals surface area (Å²) in [5.41, 5.74) is 2.15. The Morgan fingerprint density at radius 2 is 1.81 bits per heavy atom. The zero-order chi connectivity index (χ0) is 15.3. The second kappa shape index (κ2) is 6.83. The maximum atomic E-state index is 10.8. The fourth-order valence-corrected chi connectivity index (χ4v) is 2.52. The molecule has 0 aliphatic rings. The number of rotatable bonds is 6. The first kappa shape index (κ1) is 15.7. The van der Waals surface area contributed by atoms with Gasteiger partial charge in [-0.3, -0.25) is 9.88 Å². The van der Waals surface area contributed by atoms with Crippen molar-refractivity contribution in [3.63, 3.8) is 0 Å². The molecule has 3 heteroatoms. The first-order valence-corrected chi connectivity index (χ1v) is 7.44. The Hall–Kier alpha value is -1.71. The molecule has 1 unspecified atom stereocenters. The molecule has 0 aliphatic carbocycles. The standard InChI is InChI=1S/C18H24N2O/c1-4-20(13-17-12-8-9-15(2)19-17)14-18(3,21)16-10-6-5-7-11-16/h5-12,21H,4,13-14H2,1-3H3. The van der Waals surface area contributed by atoms with Crippen LogP contribution in [-0.4, -0.2) is 28.1 Å². The molecule has 2 aromatic rings. The molecule has 21 heavy (non-hydrogen) atoms. The van der Waals surface area contributed by atoms with Gasteiger partial charge in [0.2, 0.25) is 0 Å². The lowest BCUT2D eigenvalue weighted by Crippen LogP contribution is -2.38. The quantitative estimate of drug-likeness (QED) is 0.885. The van der Waals surface area contributed by atoms with Crippen molar-refractivity contribution in [2.75, 3.05) is 13.1 Å². The lowest BCUT2D eigenvalue weighted by atomic mass is 9.95. The Balaban J connectivity index is 2.08. The van der Waals surface area contributed by atoms with Gasteiger partial charge in [-0.15, -0.1) is 0 Å². The molecule has 112 valence electrons. The molecule has 0 radical (unpaired) electrons. The topological polar surface area (TPSA) is 36.4 Å². The molecule has 0 spiro atoms. The van der Waals surface area contributed by atoms with Crippen LogP contribution in [0.15, 0.2) is 48.5 Å². The predicted octanol–water partition coefficient (Wildman–Crippen LogP) is 3.12. The third kappa shape index (κ3) is 4.38. The van der Waals surface area contributed by atoms with E-state index in [1.165, 1.54) is 0 Å². The Morgan fingerprint density at radius 3 is 2.43 bits per heavy atom. The smallest absolute Gasteiger partial charge is 0.0994 e. The molecular formula is C18H24N2O. The zero-order valence-electron chi connectivity index (χ0n) is 13.1. The molecule has 0 aliphatic heterocycles. The summed E-state index contributed by atoms with van der Waals surface area (Å²) in [7, 11) is 0. The Morgan fingerprint density at radius 1 is 1.10 bits per heavy atom. The highest BCUT2D eigenvalue weighted by Crippen LogP contribution is 2.22. The van der Waals surface area contributed by atoms with E-state index < -0.39 is 5.60 Å². The summed E-state index contributed by atoms with van der Waals surface area (Å²) < 4.78 is 0. The van der Waals surface area contributed by atoms with E-state index in [9.17, 15) is 5.11 Å². The minimum absolute atomic E-state index is 0.586. The van der Waals surface area contributed by atoms with Crippen LogP contribution >= 0.6 is 0 Å². The van der Waals surface area contributed by atoms with Gasteiger partial charge >= 0.3 is 0 Å². The van der Waals surface area contributed by atoms with E-state index >= 15 is 0 Å². The van der Waals surface area contributed by atoms with Gasteiger partial charge in [0.15, 0.2) is 0 Å². The number of likely N-dealkylation sites (N-methyl/N-ethyl adjacent to an activating group) is 1. The van der Waals surface area contributed by atoms with Crippen LogP contribution in [0.2, 0.25) is 0 Å². The van der Waals surface area contributed by atoms with E-state index in [1.54, 1.807) is 0 Å². The summed E-state index contributed by atoms with van der Waals surface area (Å²) in [5.74, 6) is 0. The Bertz CT molecular complexity index is 566. The molecule has 2 rings (SSSR count). The number of hydrogen-bond acceptors (Lipinski definition) is 3. The summed E-state index contributed by atoms with van der Waals surface area (Å²) in [6.45, 7) is 8.19. The highest BCUT2D eigenvalue weighted by molar-refractivity contribution is 5.22. The molecule has 0 bridgehead atoms. The first-order valence-electron chi connectivity index (χ1n) is 7.44. The summed E-state index contributed by atoms with van der Waals surface area (Å²) in [4.78, 5) is 6.76. The number of aliphatic hydroxyl groups is 1. The van der Waals surface area contributed by atoms with Gasteiger partial charge in [0.1, 0.15) is 0 Å². The molecule has 1 atom stereocenters. The molecule has 0 amide bonds. The minimum atomic E-state index is -0.860. The number of benzene rings is 1. The average Bonchev–Trinajstić information content (AvgIpc) is 2.47. The van der Waals surface area contributed by atoms with Crippen molar-refractivity contribution in [2.45, 2.75) is 32.9 Å². The van der Waals surface area contributed by atoms with Crippen LogP contribution in [0.4, 0.5) is 0 Å². The van der Waals surface area contributed by atoms with Crippen LogP contribution < -0.4 is 0 Å². The number of hydrogen-bond donors (Lipinski definition) is 1. The van der Waals surface area contributed by atoms with Crippen molar-refractivity contribution < 1.29 is 5.11 Å². The third-order valence-corrected chi connectivity index (χ3v) is 3.71. The summed E-state index contributed by atoms with van der Waals surface area (Å²) in [6, 6.07) is 15.9. The number of nitrogens with zero attached hydrogens (tertiary/aromatic N) is 2. The van der Waals surface area contributed by atoms with E-state index in [2.05, 4.69) is 16.8 Å². The molecule has 0 saturated heterocycles. The van der Waals surface area contributed by atoms with Crippen molar-refractivity contribution in [1.29, 1.82) is 0 Å². The van der Waals surface area contributed by atoms with Crippen LogP contribution in [-0.2, 0) is 12.1 Å². The van der Waals surface area contributed by atoms with Crippen LogP contribution in [0.1, 0.15) is 30.8 Å². The molecule has 0 fully saturated rings. The Labute approximate surface area is 127 Å². The summed E-state index contributed by atoms with van der Waals surface area (Å²) in [6.07, 6.45) is 0. The molecule has 1 aromatic carbocycles. The maximum absolute atomic E-state index is 10.8. The number of aromatic nitrogens is 1. The monoisotopic (exact) mass is 284 g/mol. The van der Waals surface area contributed by atoms with Crippen LogP contribution in [0.3, 0.4) is 0 Å². The Kier molecular flexibility index (Phi) is 5.10. The van der Waals surface area contributed by atoms with Crippen LogP contribution in [0, 0.1) is 6.92 Å². The second-order valence-corrected chi connectivity index (χ2v) is 5.71. The lowest BCUT2D eigenvalue weighted by Gasteiger charge is -2.31. The minimum Gasteiger partial charge on any atom is -0.384 e. The lowest BCUT2D eigenvalue weighted by molar-refractivity contribution is 0.0146. The van der Waals surface area contributed by atoms with E-state index in [0.29, 0.717) is 6.54 Å². The number of aryl methyl sites for hydroxylation is 1. The highest BCUT2D eigenvalue weighted by atomic mass is 16.3. The molecule has 0 saturated carbocycles. The van der Waals surface area contributed by atoms with Crippen molar-refractivity contribution >= 4 is 0 Å². The van der Waals surface area contributed by atoms with Gasteiger partial charge in [0, 0.05) is 18.8 Å². The second-order valence-electron chi connectivity index (χ2n) is 5.71. The fourth-order valence-electron chi connectivity index (χ4n) is 2.52. The van der Waals surface area contributed by atoms with Gasteiger partial charge in [0.25, 0.3) is 0 Å². The van der Waals surface area contributed by atoms with Crippen LogP contribution in [0.25, 0.3) is 0 Å². The van der Waals surface area contributed by atoms with Gasteiger partial charge < -0.3 is 5.11 Å². The average molecular weight is 284 g/mol. The van der Waals surface area contributed by atoms with E-state index in [-0.39, 0.29) is 0 Å². The number of pyridine rings is 1. The first-order chi connectivity index (χ1) is 10.0. The van der Waals surface area contributed by atoms with Gasteiger partial charge in [-0.25, -0.2) is 0 Å². The molecular weight excluding hydrogens is 260 g/mol. The zero-order valence-corrected chi connectivity index (χ0v) is 13.1. The maximum Gasteiger partial charge on any atom is 0.0994 e. The molecule has 1 heterocycles. The fraction of sp³-hybridized carbons (Fsp3) is 0.389. The normalized spacial score (nSPS) is 14.1. The molecule has 1 aromatic heterocycles. The molecule has 1 N–H and O–H groups in total. The predicted molar refractivity (Wildman–Crippen MR) is 85.9 cm³/mol. The van der Waals surface area contributed by atoms with Crippen molar-refractivity contribution in [1.82, 2.24) is 9.88 Å². The summed E-state index contributed by atoms with van der Waals surface area (Å²) >= 11 is 0. The SMILES string of the molecule is CCN(Cc1cccc(C)n1)CC(C)(O)c1ccccc1. The summed E-state index contributed by atoms with van der Waals surface area (Å²) in [5, 5.41) is 10.8. The van der Waals surface area contributed by atoms with Crippen molar-refractivity contribution in [3.05, 3.63) is 65.5 Å². The van der Waals surface area contributed by atoms with E-state index in [0.717, 1.165) is 30.0 Å². The van der Waals surface area contributed by atoms with Gasteiger partial charge in [-0.05, 0) is 38.1 Å². The van der Waals surface area contributed by atoms with E-state index in [4.69, 9.17) is 0 Å². The van der Waals surface area contributed by atoms with Gasteiger partial charge in [0.05, 0.1) is 11.3 Å². The highest BCUT2D eigenvalue weighted by Gasteiger charge is 2.25. The largest absolute Gasteiger partial charge is 0.384 e. The van der Waals surface area contributed by atoms with Crippen molar-refractivity contribution in [2.24, 2.45) is 0 Å². The third-order valence-electron chi connectivity index (χ3n) is 3.71. The molecule has 3 nitrogen and oxygen atoms in total. The van der Waals surface area contributed by atoms with Crippen LogP contribution in [0.5, 0.6) is 0 Å². The van der Waals surface area contributed by atoms with Gasteiger partial charge in [-0.1, -0.05) is 43.3 Å². The van der Waals surface area contributed by atoms with E-state index in [1.807, 2.05) is 62.4 Å².